The van der Waals surface area contributed by atoms with Crippen LogP contribution in [0.15, 0.2) is 22.3 Å². The Labute approximate surface area is 134 Å². The van der Waals surface area contributed by atoms with Crippen LogP contribution in [0.4, 0.5) is 0 Å². The van der Waals surface area contributed by atoms with Gasteiger partial charge < -0.3 is 15.2 Å². The zero-order chi connectivity index (χ0) is 15.6. The molecule has 3 aromatic heterocycles. The van der Waals surface area contributed by atoms with Crippen molar-refractivity contribution in [3.8, 4) is 17.2 Å². The van der Waals surface area contributed by atoms with Crippen molar-refractivity contribution >= 4 is 17.2 Å². The third-order valence-electron chi connectivity index (χ3n) is 4.35. The fourth-order valence-electron chi connectivity index (χ4n) is 3.17. The minimum Gasteiger partial charge on any atom is -0.338 e. The van der Waals surface area contributed by atoms with E-state index in [-0.39, 0.29) is 18.5 Å². The molecule has 1 amide bonds. The highest BCUT2D eigenvalue weighted by Gasteiger charge is 2.42. The molecule has 2 N–H and O–H groups in total. The Hall–Kier alpha value is -2.52. The Balaban J connectivity index is 1.74. The molecule has 5 heterocycles. The van der Waals surface area contributed by atoms with Crippen LogP contribution in [0.25, 0.3) is 17.2 Å². The number of rotatable bonds is 2. The Kier molecular flexibility index (Phi) is 2.53. The highest BCUT2D eigenvalue weighted by molar-refractivity contribution is 7.12. The number of nitrogens with two attached hydrogens (primary N) is 1. The highest BCUT2D eigenvalue weighted by atomic mass is 32.1. The van der Waals surface area contributed by atoms with Gasteiger partial charge in [-0.1, -0.05) is 5.16 Å². The van der Waals surface area contributed by atoms with Crippen molar-refractivity contribution in [3.05, 3.63) is 34.2 Å². The van der Waals surface area contributed by atoms with Gasteiger partial charge in [-0.15, -0.1) is 11.3 Å². The number of carbonyl (C=O) groups excluding carboxylic acids is 1. The summed E-state index contributed by atoms with van der Waals surface area (Å²) in [6.07, 6.45) is 2.63. The number of aromatic nitrogens is 4. The van der Waals surface area contributed by atoms with E-state index in [1.54, 1.807) is 6.33 Å². The fourth-order valence-corrected chi connectivity index (χ4v) is 4.01. The number of carbonyl (C=O) groups is 1. The van der Waals surface area contributed by atoms with Crippen LogP contribution in [-0.2, 0) is 6.54 Å². The minimum atomic E-state index is -0.000531. The number of thiophene rings is 1. The lowest BCUT2D eigenvalue weighted by Crippen LogP contribution is -2.44. The van der Waals surface area contributed by atoms with E-state index in [9.17, 15) is 4.79 Å². The first-order valence-corrected chi connectivity index (χ1v) is 8.15. The average molecular weight is 328 g/mol. The molecule has 0 unspecified atom stereocenters. The largest absolute Gasteiger partial charge is 0.338 e. The van der Waals surface area contributed by atoms with E-state index < -0.39 is 0 Å². The molecule has 2 aliphatic rings. The van der Waals surface area contributed by atoms with Crippen LogP contribution in [0, 0.1) is 0 Å². The summed E-state index contributed by atoms with van der Waals surface area (Å²) in [5, 5.41) is 5.90. The lowest BCUT2D eigenvalue weighted by atomic mass is 9.98. The summed E-state index contributed by atoms with van der Waals surface area (Å²) in [6, 6.07) is 1.94. The van der Waals surface area contributed by atoms with E-state index in [1.165, 1.54) is 11.3 Å². The summed E-state index contributed by atoms with van der Waals surface area (Å²) in [5.41, 5.74) is 7.98. The number of hydrogen-bond acceptors (Lipinski definition) is 7. The Morgan fingerprint density at radius 2 is 2.39 bits per heavy atom. The zero-order valence-electron chi connectivity index (χ0n) is 12.0. The van der Waals surface area contributed by atoms with Crippen LogP contribution in [0.3, 0.4) is 0 Å². The molecule has 1 fully saturated rings. The Morgan fingerprint density at radius 3 is 3.13 bits per heavy atom. The molecule has 2 aliphatic heterocycles. The minimum absolute atomic E-state index is 0.000531. The summed E-state index contributed by atoms with van der Waals surface area (Å²) >= 11 is 1.46. The van der Waals surface area contributed by atoms with Gasteiger partial charge in [0.25, 0.3) is 5.91 Å². The van der Waals surface area contributed by atoms with Gasteiger partial charge >= 0.3 is 0 Å². The van der Waals surface area contributed by atoms with Crippen molar-refractivity contribution < 1.29 is 9.32 Å². The van der Waals surface area contributed by atoms with Crippen LogP contribution in [0.5, 0.6) is 0 Å². The fraction of sp³-hybridized carbons (Fsp3) is 0.286. The molecule has 1 atom stereocenters. The molecule has 116 valence electrons. The lowest BCUT2D eigenvalue weighted by molar-refractivity contribution is 0.0466. The quantitative estimate of drug-likeness (QED) is 0.761. The van der Waals surface area contributed by atoms with Gasteiger partial charge in [-0.3, -0.25) is 9.36 Å². The molecule has 0 radical (unpaired) electrons. The third kappa shape index (κ3) is 1.63. The van der Waals surface area contributed by atoms with Crippen molar-refractivity contribution in [1.82, 2.24) is 24.6 Å². The summed E-state index contributed by atoms with van der Waals surface area (Å²) < 4.78 is 7.08. The number of amides is 1. The standard InChI is InChI=1S/C14H12N6O2S/c15-5-9-17-13(18-22-9)10-11-7-1-3-19(7)14(21)12-8(2-4-23-12)20(11)6-16-10/h2,4,6-7H,1,3,5,15H2/t7-/m0/s1. The maximum absolute atomic E-state index is 12.7. The van der Waals surface area contributed by atoms with Crippen molar-refractivity contribution in [3.63, 3.8) is 0 Å². The third-order valence-corrected chi connectivity index (χ3v) is 5.24. The van der Waals surface area contributed by atoms with Crippen molar-refractivity contribution in [2.75, 3.05) is 6.54 Å². The van der Waals surface area contributed by atoms with Gasteiger partial charge in [0.2, 0.25) is 11.7 Å². The van der Waals surface area contributed by atoms with Crippen LogP contribution in [0.1, 0.15) is 33.7 Å². The van der Waals surface area contributed by atoms with Crippen LogP contribution < -0.4 is 5.73 Å². The first kappa shape index (κ1) is 13.0. The molecular weight excluding hydrogens is 316 g/mol. The summed E-state index contributed by atoms with van der Waals surface area (Å²) in [5.74, 6) is 0.863. The van der Waals surface area contributed by atoms with Crippen molar-refractivity contribution in [2.24, 2.45) is 5.73 Å². The first-order valence-electron chi connectivity index (χ1n) is 7.27. The Bertz CT molecular complexity index is 925. The predicted molar refractivity (Wildman–Crippen MR) is 81.0 cm³/mol. The molecule has 23 heavy (non-hydrogen) atoms. The maximum Gasteiger partial charge on any atom is 0.266 e. The highest BCUT2D eigenvalue weighted by Crippen LogP contribution is 2.43. The van der Waals surface area contributed by atoms with E-state index in [0.29, 0.717) is 17.4 Å². The molecule has 0 saturated carbocycles. The topological polar surface area (TPSA) is 103 Å². The molecule has 0 aromatic carbocycles. The second-order valence-corrected chi connectivity index (χ2v) is 6.42. The molecular formula is C14H12N6O2S. The van der Waals surface area contributed by atoms with E-state index in [2.05, 4.69) is 15.1 Å². The number of nitrogens with zero attached hydrogens (tertiary/aromatic N) is 5. The van der Waals surface area contributed by atoms with E-state index >= 15 is 0 Å². The molecule has 0 spiro atoms. The van der Waals surface area contributed by atoms with Crippen LogP contribution >= 0.6 is 11.3 Å². The molecule has 3 aromatic rings. The number of fused-ring (bicyclic) bond motifs is 5. The van der Waals surface area contributed by atoms with E-state index in [0.717, 1.165) is 29.2 Å². The first-order chi connectivity index (χ1) is 11.3. The Morgan fingerprint density at radius 1 is 1.48 bits per heavy atom. The second kappa shape index (κ2) is 4.49. The van der Waals surface area contributed by atoms with Crippen LogP contribution in [0.2, 0.25) is 0 Å². The number of hydrogen-bond donors (Lipinski definition) is 1. The normalized spacial score (nSPS) is 18.9. The molecule has 5 rings (SSSR count). The van der Waals surface area contributed by atoms with Crippen molar-refractivity contribution in [2.45, 2.75) is 19.0 Å². The van der Waals surface area contributed by atoms with E-state index in [4.69, 9.17) is 10.3 Å². The monoisotopic (exact) mass is 328 g/mol. The smallest absolute Gasteiger partial charge is 0.266 e. The van der Waals surface area contributed by atoms with Gasteiger partial charge in [0.05, 0.1) is 24.0 Å². The van der Waals surface area contributed by atoms with Gasteiger partial charge in [0, 0.05) is 6.54 Å². The summed E-state index contributed by atoms with van der Waals surface area (Å²) in [7, 11) is 0. The van der Waals surface area contributed by atoms with Crippen LogP contribution in [-0.4, -0.2) is 37.0 Å². The zero-order valence-corrected chi connectivity index (χ0v) is 12.8. The molecule has 0 bridgehead atoms. The average Bonchev–Trinajstić information content (AvgIpc) is 3.23. The predicted octanol–water partition coefficient (Wildman–Crippen LogP) is 1.34. The van der Waals surface area contributed by atoms with Gasteiger partial charge in [0.1, 0.15) is 16.9 Å². The van der Waals surface area contributed by atoms with Gasteiger partial charge in [-0.25, -0.2) is 4.98 Å². The van der Waals surface area contributed by atoms with E-state index in [1.807, 2.05) is 20.9 Å². The maximum atomic E-state index is 12.7. The summed E-state index contributed by atoms with van der Waals surface area (Å²) in [6.45, 7) is 0.942. The lowest BCUT2D eigenvalue weighted by Gasteiger charge is -2.39. The number of imidazole rings is 1. The molecule has 1 saturated heterocycles. The molecule has 9 heteroatoms. The van der Waals surface area contributed by atoms with Gasteiger partial charge in [0.15, 0.2) is 0 Å². The molecule has 8 nitrogen and oxygen atoms in total. The summed E-state index contributed by atoms with van der Waals surface area (Å²) in [4.78, 5) is 24.0. The van der Waals surface area contributed by atoms with Crippen molar-refractivity contribution in [1.29, 1.82) is 0 Å². The van der Waals surface area contributed by atoms with Gasteiger partial charge in [-0.2, -0.15) is 4.98 Å². The SMILES string of the molecule is NCc1nc(-c2ncn3c2[C@@H]2CCN2C(=O)c2sccc2-3)no1. The molecule has 0 aliphatic carbocycles. The second-order valence-electron chi connectivity index (χ2n) is 5.50. The van der Waals surface area contributed by atoms with Gasteiger partial charge in [-0.05, 0) is 17.9 Å².